The van der Waals surface area contributed by atoms with Crippen molar-refractivity contribution in [2.75, 3.05) is 13.2 Å². The molecule has 1 aromatic rings. The van der Waals surface area contributed by atoms with Crippen LogP contribution in [0.2, 0.25) is 0 Å². The Morgan fingerprint density at radius 1 is 1.44 bits per heavy atom. The summed E-state index contributed by atoms with van der Waals surface area (Å²) < 4.78 is 1.19. The molecular weight excluding hydrogens is 286 g/mol. The van der Waals surface area contributed by atoms with Crippen molar-refractivity contribution in [1.29, 1.82) is 0 Å². The second-order valence-electron chi connectivity index (χ2n) is 4.39. The van der Waals surface area contributed by atoms with Gasteiger partial charge in [-0.1, -0.05) is 12.8 Å². The van der Waals surface area contributed by atoms with E-state index in [0.29, 0.717) is 6.04 Å². The predicted octanol–water partition coefficient (Wildman–Crippen LogP) is 3.25. The van der Waals surface area contributed by atoms with Gasteiger partial charge in [-0.2, -0.15) is 0 Å². The lowest BCUT2D eigenvalue weighted by atomic mass is 10.2. The van der Waals surface area contributed by atoms with Gasteiger partial charge in [0.15, 0.2) is 0 Å². The molecule has 2 nitrogen and oxygen atoms in total. The molecule has 0 saturated heterocycles. The number of nitrogens with zero attached hydrogens (tertiary/aromatic N) is 1. The lowest BCUT2D eigenvalue weighted by Gasteiger charge is -2.27. The van der Waals surface area contributed by atoms with E-state index >= 15 is 0 Å². The second-order valence-corrected chi connectivity index (χ2v) is 6.68. The summed E-state index contributed by atoms with van der Waals surface area (Å²) >= 11 is 5.23. The molecule has 1 heterocycles. The van der Waals surface area contributed by atoms with Gasteiger partial charge in [0, 0.05) is 19.1 Å². The molecule has 0 unspecified atom stereocenters. The first kappa shape index (κ1) is 12.6. The molecule has 1 aliphatic carbocycles. The highest BCUT2D eigenvalue weighted by Gasteiger charge is 2.22. The zero-order valence-corrected chi connectivity index (χ0v) is 11.8. The average molecular weight is 304 g/mol. The van der Waals surface area contributed by atoms with Gasteiger partial charge in [0.1, 0.15) is 0 Å². The molecule has 1 fully saturated rings. The first-order valence-corrected chi connectivity index (χ1v) is 7.54. The summed E-state index contributed by atoms with van der Waals surface area (Å²) in [5.41, 5.74) is 1.36. The smallest absolute Gasteiger partial charge is 0.0701 e. The molecule has 1 aliphatic rings. The Morgan fingerprint density at radius 3 is 2.75 bits per heavy atom. The minimum absolute atomic E-state index is 0.266. The molecule has 1 aromatic heterocycles. The topological polar surface area (TPSA) is 23.5 Å². The highest BCUT2D eigenvalue weighted by molar-refractivity contribution is 9.11. The van der Waals surface area contributed by atoms with Crippen LogP contribution in [0.1, 0.15) is 31.2 Å². The maximum absolute atomic E-state index is 9.13. The van der Waals surface area contributed by atoms with Crippen LogP contribution in [0.25, 0.3) is 0 Å². The van der Waals surface area contributed by atoms with E-state index in [0.717, 1.165) is 13.1 Å². The Kier molecular flexibility index (Phi) is 4.82. The fourth-order valence-corrected chi connectivity index (χ4v) is 3.65. The maximum atomic E-state index is 9.13. The Bertz CT molecular complexity index is 323. The van der Waals surface area contributed by atoms with E-state index in [1.54, 1.807) is 11.3 Å². The van der Waals surface area contributed by atoms with Gasteiger partial charge in [0.25, 0.3) is 0 Å². The number of aliphatic hydroxyl groups is 1. The normalized spacial score (nSPS) is 17.4. The molecule has 0 spiro atoms. The summed E-state index contributed by atoms with van der Waals surface area (Å²) in [6.07, 6.45) is 5.29. The van der Waals surface area contributed by atoms with Crippen LogP contribution in [0, 0.1) is 0 Å². The Hall–Kier alpha value is 0.100. The molecule has 2 rings (SSSR count). The molecule has 0 aromatic carbocycles. The van der Waals surface area contributed by atoms with Crippen LogP contribution in [-0.4, -0.2) is 29.2 Å². The van der Waals surface area contributed by atoms with Crippen LogP contribution >= 0.6 is 27.3 Å². The fourth-order valence-electron chi connectivity index (χ4n) is 2.45. The minimum Gasteiger partial charge on any atom is -0.395 e. The van der Waals surface area contributed by atoms with Crippen molar-refractivity contribution in [3.8, 4) is 0 Å². The van der Waals surface area contributed by atoms with Crippen molar-refractivity contribution >= 4 is 27.3 Å². The highest BCUT2D eigenvalue weighted by atomic mass is 79.9. The van der Waals surface area contributed by atoms with E-state index in [9.17, 15) is 0 Å². The quantitative estimate of drug-likeness (QED) is 0.902. The summed E-state index contributed by atoms with van der Waals surface area (Å²) in [7, 11) is 0. The third-order valence-corrected chi connectivity index (χ3v) is 4.79. The molecule has 1 saturated carbocycles. The molecule has 0 radical (unpaired) electrons. The summed E-state index contributed by atoms with van der Waals surface area (Å²) in [5, 5.41) is 11.3. The molecular formula is C12H18BrNOS. The van der Waals surface area contributed by atoms with Gasteiger partial charge in [0.05, 0.1) is 10.4 Å². The summed E-state index contributed by atoms with van der Waals surface area (Å²) in [6, 6.07) is 2.87. The lowest BCUT2D eigenvalue weighted by molar-refractivity contribution is 0.145. The van der Waals surface area contributed by atoms with Crippen molar-refractivity contribution in [1.82, 2.24) is 4.90 Å². The first-order valence-electron chi connectivity index (χ1n) is 5.87. The van der Waals surface area contributed by atoms with Crippen molar-refractivity contribution in [2.45, 2.75) is 38.3 Å². The van der Waals surface area contributed by atoms with Crippen LogP contribution in [0.5, 0.6) is 0 Å². The largest absolute Gasteiger partial charge is 0.395 e. The number of hydrogen-bond acceptors (Lipinski definition) is 3. The van der Waals surface area contributed by atoms with Crippen LogP contribution < -0.4 is 0 Å². The Labute approximate surface area is 109 Å². The minimum atomic E-state index is 0.266. The number of thiophene rings is 1. The van der Waals surface area contributed by atoms with Crippen molar-refractivity contribution in [3.63, 3.8) is 0 Å². The van der Waals surface area contributed by atoms with Gasteiger partial charge in [-0.05, 0) is 45.8 Å². The average Bonchev–Trinajstić information content (AvgIpc) is 2.88. The monoisotopic (exact) mass is 303 g/mol. The molecule has 16 heavy (non-hydrogen) atoms. The molecule has 0 amide bonds. The summed E-state index contributed by atoms with van der Waals surface area (Å²) in [5.74, 6) is 0. The molecule has 0 atom stereocenters. The molecule has 0 aliphatic heterocycles. The maximum Gasteiger partial charge on any atom is 0.0701 e. The van der Waals surface area contributed by atoms with E-state index in [4.69, 9.17) is 5.11 Å². The van der Waals surface area contributed by atoms with Crippen molar-refractivity contribution in [2.24, 2.45) is 0 Å². The SMILES string of the molecule is OCCN(Cc1csc(Br)c1)C1CCCC1. The van der Waals surface area contributed by atoms with Crippen LogP contribution in [0.3, 0.4) is 0 Å². The van der Waals surface area contributed by atoms with E-state index < -0.39 is 0 Å². The highest BCUT2D eigenvalue weighted by Crippen LogP contribution is 2.27. The summed E-state index contributed by atoms with van der Waals surface area (Å²) in [4.78, 5) is 2.43. The fraction of sp³-hybridized carbons (Fsp3) is 0.667. The standard InChI is InChI=1S/C12H18BrNOS/c13-12-7-10(9-16-12)8-14(5-6-15)11-3-1-2-4-11/h7,9,11,15H,1-6,8H2. The third-order valence-electron chi connectivity index (χ3n) is 3.24. The number of hydrogen-bond donors (Lipinski definition) is 1. The number of aliphatic hydroxyl groups excluding tert-OH is 1. The Morgan fingerprint density at radius 2 is 2.19 bits per heavy atom. The summed E-state index contributed by atoms with van der Waals surface area (Å²) in [6.45, 7) is 2.05. The predicted molar refractivity (Wildman–Crippen MR) is 71.8 cm³/mol. The van der Waals surface area contributed by atoms with Crippen molar-refractivity contribution in [3.05, 3.63) is 20.8 Å². The van der Waals surface area contributed by atoms with E-state index in [-0.39, 0.29) is 6.61 Å². The molecule has 90 valence electrons. The van der Waals surface area contributed by atoms with Gasteiger partial charge in [0.2, 0.25) is 0 Å². The second kappa shape index (κ2) is 6.15. The number of rotatable bonds is 5. The van der Waals surface area contributed by atoms with Crippen LogP contribution in [-0.2, 0) is 6.54 Å². The first-order chi connectivity index (χ1) is 7.79. The molecule has 1 N–H and O–H groups in total. The zero-order valence-electron chi connectivity index (χ0n) is 9.36. The van der Waals surface area contributed by atoms with Gasteiger partial charge >= 0.3 is 0 Å². The number of halogens is 1. The molecule has 0 bridgehead atoms. The van der Waals surface area contributed by atoms with Gasteiger partial charge in [-0.25, -0.2) is 0 Å². The third kappa shape index (κ3) is 3.29. The Balaban J connectivity index is 1.96. The van der Waals surface area contributed by atoms with Crippen LogP contribution in [0.4, 0.5) is 0 Å². The zero-order chi connectivity index (χ0) is 11.4. The lowest BCUT2D eigenvalue weighted by Crippen LogP contribution is -2.34. The van der Waals surface area contributed by atoms with E-state index in [2.05, 4.69) is 32.3 Å². The van der Waals surface area contributed by atoms with Gasteiger partial charge < -0.3 is 5.11 Å². The molecule has 4 heteroatoms. The van der Waals surface area contributed by atoms with Gasteiger partial charge in [-0.15, -0.1) is 11.3 Å². The van der Waals surface area contributed by atoms with Crippen LogP contribution in [0.15, 0.2) is 15.2 Å². The van der Waals surface area contributed by atoms with E-state index in [1.807, 2.05) is 0 Å². The van der Waals surface area contributed by atoms with Crippen molar-refractivity contribution < 1.29 is 5.11 Å². The van der Waals surface area contributed by atoms with E-state index in [1.165, 1.54) is 35.0 Å². The van der Waals surface area contributed by atoms with Gasteiger partial charge in [-0.3, -0.25) is 4.90 Å².